The first-order valence-corrected chi connectivity index (χ1v) is 7.85. The molecule has 0 unspecified atom stereocenters. The van der Waals surface area contributed by atoms with Gasteiger partial charge in [0.25, 0.3) is 0 Å². The van der Waals surface area contributed by atoms with E-state index in [1.165, 1.54) is 18.4 Å². The highest BCUT2D eigenvalue weighted by molar-refractivity contribution is 6.11. The quantitative estimate of drug-likeness (QED) is 0.788. The van der Waals surface area contributed by atoms with Crippen molar-refractivity contribution in [1.29, 1.82) is 0 Å². The maximum atomic E-state index is 13.1. The van der Waals surface area contributed by atoms with Gasteiger partial charge in [0.1, 0.15) is 0 Å². The summed E-state index contributed by atoms with van der Waals surface area (Å²) in [5, 5.41) is 1.11. The first-order chi connectivity index (χ1) is 9.72. The highest BCUT2D eigenvalue weighted by Gasteiger charge is 2.40. The number of carbonyl (C=O) groups excluding carboxylic acids is 1. The first-order valence-electron chi connectivity index (χ1n) is 7.85. The van der Waals surface area contributed by atoms with E-state index in [9.17, 15) is 4.79 Å². The first kappa shape index (κ1) is 13.4. The molecule has 1 N–H and O–H groups in total. The van der Waals surface area contributed by atoms with Crippen LogP contribution in [0.4, 0.5) is 0 Å². The molecule has 2 heteroatoms. The summed E-state index contributed by atoms with van der Waals surface area (Å²) in [7, 11) is 0. The number of aryl methyl sites for hydroxylation is 1. The average molecular weight is 269 g/mol. The van der Waals surface area contributed by atoms with Gasteiger partial charge in [0.15, 0.2) is 5.78 Å². The Bertz CT molecular complexity index is 632. The second-order valence-corrected chi connectivity index (χ2v) is 6.07. The summed E-state index contributed by atoms with van der Waals surface area (Å²) in [4.78, 5) is 16.4. The molecule has 106 valence electrons. The molecule has 20 heavy (non-hydrogen) atoms. The minimum Gasteiger partial charge on any atom is -0.360 e. The largest absolute Gasteiger partial charge is 0.360 e. The minimum absolute atomic E-state index is 0.0999. The van der Waals surface area contributed by atoms with Gasteiger partial charge in [-0.1, -0.05) is 44.9 Å². The molecule has 1 heterocycles. The second-order valence-electron chi connectivity index (χ2n) is 6.07. The summed E-state index contributed by atoms with van der Waals surface area (Å²) >= 11 is 0. The zero-order valence-electron chi connectivity index (χ0n) is 12.5. The number of Topliss-reactive ketones (excluding diaryl/α,β-unsaturated/α-hetero) is 1. The molecule has 1 fully saturated rings. The van der Waals surface area contributed by atoms with E-state index in [1.54, 1.807) is 0 Å². The highest BCUT2D eigenvalue weighted by Crippen LogP contribution is 2.44. The van der Waals surface area contributed by atoms with Gasteiger partial charge in [0.05, 0.1) is 0 Å². The molecule has 2 nitrogen and oxygen atoms in total. The number of para-hydroxylation sites is 1. The topological polar surface area (TPSA) is 32.9 Å². The number of nitrogens with one attached hydrogen (secondary N) is 1. The number of ketones is 1. The number of hydrogen-bond acceptors (Lipinski definition) is 1. The van der Waals surface area contributed by atoms with Crippen LogP contribution < -0.4 is 0 Å². The molecule has 0 radical (unpaired) electrons. The summed E-state index contributed by atoms with van der Waals surface area (Å²) in [6, 6.07) is 6.29. The van der Waals surface area contributed by atoms with Crippen LogP contribution in [0.2, 0.25) is 0 Å². The fraction of sp³-hybridized carbons (Fsp3) is 0.500. The van der Waals surface area contributed by atoms with E-state index in [0.29, 0.717) is 5.78 Å². The van der Waals surface area contributed by atoms with Crippen LogP contribution in [0.1, 0.15) is 61.9 Å². The third-order valence-electron chi connectivity index (χ3n) is 5.15. The Morgan fingerprint density at radius 1 is 1.25 bits per heavy atom. The van der Waals surface area contributed by atoms with E-state index in [0.717, 1.165) is 42.1 Å². The van der Waals surface area contributed by atoms with Gasteiger partial charge in [0, 0.05) is 28.1 Å². The van der Waals surface area contributed by atoms with Gasteiger partial charge in [-0.15, -0.1) is 0 Å². The Morgan fingerprint density at radius 2 is 2.00 bits per heavy atom. The average Bonchev–Trinajstić information content (AvgIpc) is 3.13. The Balaban J connectivity index is 2.08. The minimum atomic E-state index is -0.0999. The molecule has 1 saturated carbocycles. The SMILES string of the molecule is CCc1cccc2c(C(=O)C3(CC)CCCC3)c[nH]c12. The number of fused-ring (bicyclic) bond motifs is 1. The number of carbonyl (C=O) groups is 1. The van der Waals surface area contributed by atoms with Crippen LogP contribution in [-0.4, -0.2) is 10.8 Å². The Morgan fingerprint density at radius 3 is 2.65 bits per heavy atom. The predicted molar refractivity (Wildman–Crippen MR) is 83.2 cm³/mol. The molecule has 2 aromatic rings. The summed E-state index contributed by atoms with van der Waals surface area (Å²) < 4.78 is 0. The van der Waals surface area contributed by atoms with Crippen molar-refractivity contribution in [2.75, 3.05) is 0 Å². The van der Waals surface area contributed by atoms with Crippen molar-refractivity contribution in [2.24, 2.45) is 5.41 Å². The van der Waals surface area contributed by atoms with E-state index < -0.39 is 0 Å². The lowest BCUT2D eigenvalue weighted by molar-refractivity contribution is 0.0793. The number of benzene rings is 1. The third kappa shape index (κ3) is 1.90. The van der Waals surface area contributed by atoms with Crippen LogP contribution in [0.5, 0.6) is 0 Å². The molecule has 3 rings (SSSR count). The lowest BCUT2D eigenvalue weighted by atomic mass is 9.76. The number of rotatable bonds is 4. The van der Waals surface area contributed by atoms with Crippen LogP contribution in [-0.2, 0) is 6.42 Å². The van der Waals surface area contributed by atoms with E-state index >= 15 is 0 Å². The van der Waals surface area contributed by atoms with Gasteiger partial charge >= 0.3 is 0 Å². The maximum absolute atomic E-state index is 13.1. The van der Waals surface area contributed by atoms with Crippen molar-refractivity contribution in [3.8, 4) is 0 Å². The van der Waals surface area contributed by atoms with E-state index in [1.807, 2.05) is 6.20 Å². The van der Waals surface area contributed by atoms with Crippen molar-refractivity contribution >= 4 is 16.7 Å². The van der Waals surface area contributed by atoms with Gasteiger partial charge in [-0.2, -0.15) is 0 Å². The lowest BCUT2D eigenvalue weighted by Gasteiger charge is -2.25. The van der Waals surface area contributed by atoms with E-state index in [4.69, 9.17) is 0 Å². The Labute approximate surface area is 120 Å². The molecule has 1 aliphatic carbocycles. The number of H-pyrrole nitrogens is 1. The van der Waals surface area contributed by atoms with Crippen LogP contribution >= 0.6 is 0 Å². The second kappa shape index (κ2) is 5.08. The summed E-state index contributed by atoms with van der Waals surface area (Å²) in [5.74, 6) is 0.358. The molecule has 1 aliphatic rings. The molecule has 0 spiro atoms. The summed E-state index contributed by atoms with van der Waals surface area (Å²) in [6.07, 6.45) is 8.40. The summed E-state index contributed by atoms with van der Waals surface area (Å²) in [6.45, 7) is 4.32. The number of aromatic amines is 1. The van der Waals surface area contributed by atoms with Crippen LogP contribution in [0.15, 0.2) is 24.4 Å². The van der Waals surface area contributed by atoms with Crippen molar-refractivity contribution in [3.05, 3.63) is 35.5 Å². The van der Waals surface area contributed by atoms with Crippen molar-refractivity contribution in [2.45, 2.75) is 52.4 Å². The summed E-state index contributed by atoms with van der Waals surface area (Å²) in [5.41, 5.74) is 3.23. The predicted octanol–water partition coefficient (Wildman–Crippen LogP) is 4.88. The Kier molecular flexibility index (Phi) is 3.41. The molecule has 0 aliphatic heterocycles. The molecule has 0 saturated heterocycles. The standard InChI is InChI=1S/C18H23NO/c1-3-13-8-7-9-14-15(12-19-16(13)14)17(20)18(4-2)10-5-6-11-18/h7-9,12,19H,3-6,10-11H2,1-2H3. The van der Waals surface area contributed by atoms with Crippen molar-refractivity contribution < 1.29 is 4.79 Å². The molecule has 0 bridgehead atoms. The zero-order chi connectivity index (χ0) is 14.2. The third-order valence-corrected chi connectivity index (χ3v) is 5.15. The van der Waals surface area contributed by atoms with Crippen molar-refractivity contribution in [3.63, 3.8) is 0 Å². The van der Waals surface area contributed by atoms with E-state index in [2.05, 4.69) is 37.0 Å². The van der Waals surface area contributed by atoms with Gasteiger partial charge < -0.3 is 4.98 Å². The monoisotopic (exact) mass is 269 g/mol. The fourth-order valence-electron chi connectivity index (χ4n) is 3.78. The molecule has 1 aromatic heterocycles. The lowest BCUT2D eigenvalue weighted by Crippen LogP contribution is -2.27. The molecule has 1 aromatic carbocycles. The maximum Gasteiger partial charge on any atom is 0.171 e. The zero-order valence-corrected chi connectivity index (χ0v) is 12.5. The number of aromatic nitrogens is 1. The van der Waals surface area contributed by atoms with Gasteiger partial charge in [0.2, 0.25) is 0 Å². The van der Waals surface area contributed by atoms with E-state index in [-0.39, 0.29) is 5.41 Å². The molecular weight excluding hydrogens is 246 g/mol. The Hall–Kier alpha value is -1.57. The molecule has 0 amide bonds. The van der Waals surface area contributed by atoms with Gasteiger partial charge in [-0.05, 0) is 31.2 Å². The molecular formula is C18H23NO. The van der Waals surface area contributed by atoms with Gasteiger partial charge in [-0.25, -0.2) is 0 Å². The van der Waals surface area contributed by atoms with Crippen LogP contribution in [0, 0.1) is 5.41 Å². The fourth-order valence-corrected chi connectivity index (χ4v) is 3.78. The number of hydrogen-bond donors (Lipinski definition) is 1. The van der Waals surface area contributed by atoms with Gasteiger partial charge in [-0.3, -0.25) is 4.79 Å². The normalized spacial score (nSPS) is 17.7. The van der Waals surface area contributed by atoms with Crippen LogP contribution in [0.3, 0.4) is 0 Å². The smallest absolute Gasteiger partial charge is 0.171 e. The highest BCUT2D eigenvalue weighted by atomic mass is 16.1. The van der Waals surface area contributed by atoms with Crippen LogP contribution in [0.25, 0.3) is 10.9 Å². The molecule has 0 atom stereocenters. The van der Waals surface area contributed by atoms with Crippen molar-refractivity contribution in [1.82, 2.24) is 4.98 Å².